The molecule has 1 atom stereocenters. The van der Waals surface area contributed by atoms with Gasteiger partial charge < -0.3 is 19.9 Å². The number of unbranched alkanes of at least 4 members (excludes halogenated alkanes) is 5. The number of nitrogen functional groups attached to an aromatic ring is 1. The molecule has 0 aliphatic carbocycles. The molecule has 0 aromatic heterocycles. The minimum atomic E-state index is -0.846. The first-order valence-electron chi connectivity index (χ1n) is 11.3. The molecule has 1 aromatic carbocycles. The van der Waals surface area contributed by atoms with Crippen LogP contribution in [0.25, 0.3) is 0 Å². The van der Waals surface area contributed by atoms with Crippen LogP contribution in [0.4, 0.5) is 0 Å². The van der Waals surface area contributed by atoms with Gasteiger partial charge in [-0.05, 0) is 27.2 Å². The largest absolute Gasteiger partial charge is 0.384 e. The van der Waals surface area contributed by atoms with Crippen LogP contribution in [0, 0.1) is 11.3 Å². The van der Waals surface area contributed by atoms with Crippen molar-refractivity contribution in [3.8, 4) is 0 Å². The van der Waals surface area contributed by atoms with E-state index in [0.29, 0.717) is 19.8 Å². The van der Waals surface area contributed by atoms with Crippen molar-refractivity contribution in [3.63, 3.8) is 0 Å². The van der Waals surface area contributed by atoms with E-state index in [1.54, 1.807) is 0 Å². The van der Waals surface area contributed by atoms with Gasteiger partial charge in [-0.3, -0.25) is 5.41 Å². The van der Waals surface area contributed by atoms with Crippen molar-refractivity contribution in [1.82, 2.24) is 0 Å². The Balaban J connectivity index is 0.000000717. The van der Waals surface area contributed by atoms with Crippen molar-refractivity contribution in [2.24, 2.45) is 11.7 Å². The van der Waals surface area contributed by atoms with Gasteiger partial charge >= 0.3 is 0 Å². The van der Waals surface area contributed by atoms with Crippen LogP contribution in [0.2, 0.25) is 0 Å². The van der Waals surface area contributed by atoms with E-state index >= 15 is 0 Å². The smallest absolute Gasteiger partial charge is 0.285 e. The third kappa shape index (κ3) is 12.0. The molecule has 0 bridgehead atoms. The molecule has 0 aliphatic rings. The van der Waals surface area contributed by atoms with E-state index in [0.717, 1.165) is 12.0 Å². The van der Waals surface area contributed by atoms with Crippen LogP contribution < -0.4 is 5.73 Å². The first kappa shape index (κ1) is 27.6. The van der Waals surface area contributed by atoms with E-state index in [-0.39, 0.29) is 11.8 Å². The van der Waals surface area contributed by atoms with Crippen LogP contribution in [0.5, 0.6) is 0 Å². The highest BCUT2D eigenvalue weighted by Gasteiger charge is 2.38. The minimum Gasteiger partial charge on any atom is -0.384 e. The average molecular weight is 409 g/mol. The maximum atomic E-state index is 7.01. The molecular weight excluding hydrogens is 364 g/mol. The maximum Gasteiger partial charge on any atom is 0.285 e. The second-order valence-electron chi connectivity index (χ2n) is 7.14. The van der Waals surface area contributed by atoms with Gasteiger partial charge in [-0.15, -0.1) is 0 Å². The fraction of sp³-hybridized carbons (Fsp3) is 0.708. The number of benzene rings is 1. The summed E-state index contributed by atoms with van der Waals surface area (Å²) in [6, 6.07) is 9.23. The summed E-state index contributed by atoms with van der Waals surface area (Å²) in [5, 5.41) is 7.01. The number of ether oxygens (including phenoxy) is 3. The molecule has 3 N–H and O–H groups in total. The minimum absolute atomic E-state index is 0.121. The molecule has 5 nitrogen and oxygen atoms in total. The molecule has 1 rings (SSSR count). The highest BCUT2D eigenvalue weighted by molar-refractivity contribution is 5.94. The van der Waals surface area contributed by atoms with Crippen molar-refractivity contribution in [2.45, 2.75) is 85.5 Å². The Hall–Kier alpha value is -1.43. The van der Waals surface area contributed by atoms with Crippen LogP contribution in [-0.4, -0.2) is 31.6 Å². The molecule has 29 heavy (non-hydrogen) atoms. The van der Waals surface area contributed by atoms with E-state index < -0.39 is 5.97 Å². The zero-order valence-electron chi connectivity index (χ0n) is 19.3. The highest BCUT2D eigenvalue weighted by atomic mass is 16.9. The van der Waals surface area contributed by atoms with Gasteiger partial charge in [-0.1, -0.05) is 82.7 Å². The number of rotatable bonds is 15. The van der Waals surface area contributed by atoms with Gasteiger partial charge in [0, 0.05) is 31.3 Å². The maximum absolute atomic E-state index is 7.01. The predicted molar refractivity (Wildman–Crippen MR) is 122 cm³/mol. The quantitative estimate of drug-likeness (QED) is 0.159. The standard InChI is InChI=1S/C17H36O3.C7H8N2/c1-6-10-11-12-13-14-15-16(5)17(18-7-2,19-8-3)20-9-4;8-7(9)6-4-2-1-3-5-6/h16H,6-15H2,1-5H3;1-5H,(H3,8,9). The molecule has 0 heterocycles. The number of amidine groups is 1. The SMILES string of the molecule is CCCCCCCCC(C)C(OCC)(OCC)OCC.N=C(N)c1ccccc1. The van der Waals surface area contributed by atoms with Crippen LogP contribution in [0.3, 0.4) is 0 Å². The van der Waals surface area contributed by atoms with Gasteiger partial charge in [0.25, 0.3) is 5.97 Å². The molecule has 0 radical (unpaired) electrons. The molecule has 1 aromatic rings. The summed E-state index contributed by atoms with van der Waals surface area (Å²) in [4.78, 5) is 0. The topological polar surface area (TPSA) is 77.6 Å². The zero-order valence-corrected chi connectivity index (χ0v) is 19.3. The predicted octanol–water partition coefficient (Wildman–Crippen LogP) is 6.11. The van der Waals surface area contributed by atoms with Crippen LogP contribution >= 0.6 is 0 Å². The van der Waals surface area contributed by atoms with Gasteiger partial charge in [-0.25, -0.2) is 0 Å². The average Bonchev–Trinajstić information content (AvgIpc) is 2.72. The van der Waals surface area contributed by atoms with Crippen molar-refractivity contribution >= 4 is 5.84 Å². The summed E-state index contributed by atoms with van der Waals surface area (Å²) in [5.74, 6) is -0.467. The Morgan fingerprint density at radius 3 is 1.76 bits per heavy atom. The molecule has 0 saturated heterocycles. The Kier molecular flexibility index (Phi) is 16.6. The van der Waals surface area contributed by atoms with Gasteiger partial charge in [0.2, 0.25) is 0 Å². The lowest BCUT2D eigenvalue weighted by Gasteiger charge is -2.37. The summed E-state index contributed by atoms with van der Waals surface area (Å²) < 4.78 is 17.5. The van der Waals surface area contributed by atoms with Gasteiger partial charge in [0.1, 0.15) is 5.84 Å². The Labute approximate surface area is 178 Å². The lowest BCUT2D eigenvalue weighted by molar-refractivity contribution is -0.400. The van der Waals surface area contributed by atoms with Gasteiger partial charge in [0.15, 0.2) is 0 Å². The van der Waals surface area contributed by atoms with Crippen LogP contribution in [0.15, 0.2) is 30.3 Å². The lowest BCUT2D eigenvalue weighted by atomic mass is 9.99. The number of hydrogen-bond donors (Lipinski definition) is 2. The summed E-state index contributed by atoms with van der Waals surface area (Å²) in [5.41, 5.74) is 5.97. The van der Waals surface area contributed by atoms with E-state index in [4.69, 9.17) is 25.4 Å². The molecule has 0 saturated carbocycles. The van der Waals surface area contributed by atoms with E-state index in [1.165, 1.54) is 38.5 Å². The highest BCUT2D eigenvalue weighted by Crippen LogP contribution is 2.30. The molecule has 0 fully saturated rings. The monoisotopic (exact) mass is 408 g/mol. The van der Waals surface area contributed by atoms with Crippen molar-refractivity contribution in [1.29, 1.82) is 5.41 Å². The Bertz CT molecular complexity index is 491. The molecule has 168 valence electrons. The summed E-state index contributed by atoms with van der Waals surface area (Å²) in [6.45, 7) is 12.2. The lowest BCUT2D eigenvalue weighted by Crippen LogP contribution is -2.45. The molecule has 5 heteroatoms. The Morgan fingerprint density at radius 1 is 0.862 bits per heavy atom. The van der Waals surface area contributed by atoms with E-state index in [2.05, 4.69) is 13.8 Å². The van der Waals surface area contributed by atoms with Crippen LogP contribution in [-0.2, 0) is 14.2 Å². The third-order valence-corrected chi connectivity index (χ3v) is 4.72. The fourth-order valence-electron chi connectivity index (χ4n) is 3.18. The number of hydrogen-bond acceptors (Lipinski definition) is 4. The third-order valence-electron chi connectivity index (χ3n) is 4.72. The number of nitrogens with one attached hydrogen (secondary N) is 1. The van der Waals surface area contributed by atoms with E-state index in [9.17, 15) is 0 Å². The number of nitrogens with two attached hydrogens (primary N) is 1. The molecule has 1 unspecified atom stereocenters. The normalized spacial score (nSPS) is 12.2. The summed E-state index contributed by atoms with van der Waals surface area (Å²) in [7, 11) is 0. The summed E-state index contributed by atoms with van der Waals surface area (Å²) >= 11 is 0. The Morgan fingerprint density at radius 2 is 1.34 bits per heavy atom. The first-order valence-corrected chi connectivity index (χ1v) is 11.3. The molecule has 0 amide bonds. The zero-order chi connectivity index (χ0) is 22.0. The molecule has 0 spiro atoms. The molecule has 0 aliphatic heterocycles. The van der Waals surface area contributed by atoms with Crippen molar-refractivity contribution in [2.75, 3.05) is 19.8 Å². The van der Waals surface area contributed by atoms with Gasteiger partial charge in [0.05, 0.1) is 0 Å². The summed E-state index contributed by atoms with van der Waals surface area (Å²) in [6.07, 6.45) is 8.97. The fourth-order valence-corrected chi connectivity index (χ4v) is 3.18. The van der Waals surface area contributed by atoms with Crippen molar-refractivity contribution in [3.05, 3.63) is 35.9 Å². The van der Waals surface area contributed by atoms with Crippen molar-refractivity contribution < 1.29 is 14.2 Å². The second kappa shape index (κ2) is 17.4. The first-order chi connectivity index (χ1) is 14.0. The van der Waals surface area contributed by atoms with Gasteiger partial charge in [-0.2, -0.15) is 0 Å². The van der Waals surface area contributed by atoms with E-state index in [1.807, 2.05) is 51.1 Å². The molecular formula is C24H44N2O3. The second-order valence-corrected chi connectivity index (χ2v) is 7.14. The van der Waals surface area contributed by atoms with Crippen LogP contribution in [0.1, 0.15) is 85.1 Å².